The number of carboxylic acids is 1. The number of methoxy groups -OCH3 is 1. The summed E-state index contributed by atoms with van der Waals surface area (Å²) in [6.45, 7) is 7.30. The number of hydrogen-bond donors (Lipinski definition) is 2. The quantitative estimate of drug-likeness (QED) is 0.357. The van der Waals surface area contributed by atoms with E-state index in [9.17, 15) is 24.6 Å². The SMILES string of the molecule is C=CCN(C(=O)[C@H]1N([C@@H](CO)C(C)C)C(=O)[C@@H]2[C@@H](C(=O)O)[C@@H]3O[C@@]21CC3Br)c1ccc(OC)cc1. The van der Waals surface area contributed by atoms with E-state index in [2.05, 4.69) is 22.5 Å². The molecule has 7 atom stereocenters. The van der Waals surface area contributed by atoms with Gasteiger partial charge >= 0.3 is 5.97 Å². The number of carboxylic acid groups (broad SMARTS) is 1. The molecule has 1 aromatic carbocycles. The molecule has 9 nitrogen and oxygen atoms in total. The number of fused-ring (bicyclic) bond motifs is 1. The normalized spacial score (nSPS) is 32.0. The van der Waals surface area contributed by atoms with Crippen LogP contribution in [-0.4, -0.2) is 81.8 Å². The van der Waals surface area contributed by atoms with Crippen LogP contribution in [0.25, 0.3) is 0 Å². The molecule has 1 aromatic rings. The number of ether oxygens (including phenoxy) is 2. The fraction of sp³-hybridized carbons (Fsp3) is 0.560. The number of nitrogens with zero attached hydrogens (tertiary/aromatic N) is 2. The number of hydrogen-bond acceptors (Lipinski definition) is 6. The summed E-state index contributed by atoms with van der Waals surface area (Å²) in [7, 11) is 1.55. The number of rotatable bonds is 9. The number of aliphatic hydroxyl groups excluding tert-OH is 1. The monoisotopic (exact) mass is 550 g/mol. The molecule has 1 unspecified atom stereocenters. The van der Waals surface area contributed by atoms with E-state index in [1.165, 1.54) is 9.80 Å². The van der Waals surface area contributed by atoms with Crippen molar-refractivity contribution < 1.29 is 34.1 Å². The second-order valence-corrected chi connectivity index (χ2v) is 10.9. The third kappa shape index (κ3) is 3.86. The lowest BCUT2D eigenvalue weighted by atomic mass is 9.70. The molecule has 0 saturated carbocycles. The molecule has 2 bridgehead atoms. The number of amides is 2. The van der Waals surface area contributed by atoms with E-state index in [-0.39, 0.29) is 23.9 Å². The third-order valence-corrected chi connectivity index (χ3v) is 8.37. The maximum atomic E-state index is 14.3. The second kappa shape index (κ2) is 9.55. The number of carbonyl (C=O) groups is 3. The number of benzene rings is 1. The zero-order valence-corrected chi connectivity index (χ0v) is 21.6. The first-order valence-electron chi connectivity index (χ1n) is 11.7. The maximum absolute atomic E-state index is 14.3. The Bertz CT molecular complexity index is 1020. The highest BCUT2D eigenvalue weighted by molar-refractivity contribution is 9.09. The number of aliphatic carboxylic acids is 1. The minimum absolute atomic E-state index is 0.166. The summed E-state index contributed by atoms with van der Waals surface area (Å²) in [6, 6.07) is 5.16. The Balaban J connectivity index is 1.84. The largest absolute Gasteiger partial charge is 0.497 e. The average Bonchev–Trinajstić information content (AvgIpc) is 3.41. The molecular formula is C25H31BrN2O7. The number of likely N-dealkylation sites (tertiary alicyclic amines) is 1. The van der Waals surface area contributed by atoms with Gasteiger partial charge in [-0.3, -0.25) is 14.4 Å². The molecule has 0 radical (unpaired) electrons. The van der Waals surface area contributed by atoms with Crippen molar-refractivity contribution in [2.24, 2.45) is 17.8 Å². The van der Waals surface area contributed by atoms with Gasteiger partial charge in [0.05, 0.1) is 37.7 Å². The molecule has 3 saturated heterocycles. The fourth-order valence-electron chi connectivity index (χ4n) is 5.97. The van der Waals surface area contributed by atoms with Crippen LogP contribution in [0.2, 0.25) is 0 Å². The number of aliphatic hydroxyl groups is 1. The lowest BCUT2D eigenvalue weighted by Gasteiger charge is -2.40. The van der Waals surface area contributed by atoms with Crippen molar-refractivity contribution in [1.82, 2.24) is 4.90 Å². The highest BCUT2D eigenvalue weighted by Crippen LogP contribution is 2.60. The highest BCUT2D eigenvalue weighted by Gasteiger charge is 2.77. The Kier molecular flexibility index (Phi) is 7.00. The summed E-state index contributed by atoms with van der Waals surface area (Å²) in [5, 5.41) is 20.2. The van der Waals surface area contributed by atoms with Crippen LogP contribution in [0.15, 0.2) is 36.9 Å². The van der Waals surface area contributed by atoms with Crippen LogP contribution in [-0.2, 0) is 19.1 Å². The number of halogens is 1. The molecule has 2 N–H and O–H groups in total. The summed E-state index contributed by atoms with van der Waals surface area (Å²) in [5.41, 5.74) is -0.740. The molecule has 3 aliphatic rings. The van der Waals surface area contributed by atoms with E-state index < -0.39 is 53.4 Å². The zero-order chi connectivity index (χ0) is 25.7. The van der Waals surface area contributed by atoms with Crippen molar-refractivity contribution in [3.8, 4) is 5.75 Å². The van der Waals surface area contributed by atoms with Gasteiger partial charge in [0.1, 0.15) is 17.4 Å². The van der Waals surface area contributed by atoms with Gasteiger partial charge < -0.3 is 29.5 Å². The van der Waals surface area contributed by atoms with Crippen molar-refractivity contribution in [2.75, 3.05) is 25.2 Å². The van der Waals surface area contributed by atoms with E-state index in [1.54, 1.807) is 37.5 Å². The van der Waals surface area contributed by atoms with E-state index >= 15 is 0 Å². The van der Waals surface area contributed by atoms with Crippen molar-refractivity contribution in [1.29, 1.82) is 0 Å². The first-order valence-corrected chi connectivity index (χ1v) is 12.6. The van der Waals surface area contributed by atoms with Gasteiger partial charge in [0, 0.05) is 17.1 Å². The molecule has 10 heteroatoms. The Morgan fingerprint density at radius 3 is 2.54 bits per heavy atom. The maximum Gasteiger partial charge on any atom is 0.310 e. The van der Waals surface area contributed by atoms with Crippen LogP contribution in [0.4, 0.5) is 5.69 Å². The van der Waals surface area contributed by atoms with Gasteiger partial charge in [0.15, 0.2) is 0 Å². The molecule has 2 amide bonds. The highest BCUT2D eigenvalue weighted by atomic mass is 79.9. The van der Waals surface area contributed by atoms with Crippen LogP contribution in [0.3, 0.4) is 0 Å². The number of alkyl halides is 1. The fourth-order valence-corrected chi connectivity index (χ4v) is 6.91. The van der Waals surface area contributed by atoms with E-state index in [0.29, 0.717) is 17.9 Å². The molecule has 35 heavy (non-hydrogen) atoms. The molecule has 4 rings (SSSR count). The summed E-state index contributed by atoms with van der Waals surface area (Å²) in [5.74, 6) is -3.64. The molecule has 1 spiro atoms. The smallest absolute Gasteiger partial charge is 0.310 e. The first kappa shape index (κ1) is 25.7. The number of carbonyl (C=O) groups excluding carboxylic acids is 2. The molecule has 3 aliphatic heterocycles. The Morgan fingerprint density at radius 1 is 1.37 bits per heavy atom. The zero-order valence-electron chi connectivity index (χ0n) is 20.0. The molecular weight excluding hydrogens is 520 g/mol. The van der Waals surface area contributed by atoms with Crippen LogP contribution in [0.5, 0.6) is 5.75 Å². The second-order valence-electron chi connectivity index (χ2n) is 9.68. The van der Waals surface area contributed by atoms with Gasteiger partial charge in [-0.25, -0.2) is 0 Å². The minimum atomic E-state index is -1.32. The lowest BCUT2D eigenvalue weighted by Crippen LogP contribution is -2.60. The van der Waals surface area contributed by atoms with Gasteiger partial charge in [-0.1, -0.05) is 35.9 Å². The van der Waals surface area contributed by atoms with E-state index in [4.69, 9.17) is 9.47 Å². The summed E-state index contributed by atoms with van der Waals surface area (Å²) in [4.78, 5) is 43.0. The predicted octanol–water partition coefficient (Wildman–Crippen LogP) is 2.06. The summed E-state index contributed by atoms with van der Waals surface area (Å²) < 4.78 is 11.5. The standard InChI is InChI=1S/C25H31BrN2O7/c1-5-10-27(14-6-8-15(34-4)9-7-14)23(31)21-25-11-16(26)20(35-25)18(24(32)33)19(25)22(30)28(21)17(12-29)13(2)3/h5-9,13,16-21,29H,1,10-12H2,2-4H3,(H,32,33)/t16?,17-,18+,19-,20+,21+,25-/m0/s1. The molecule has 0 aromatic heterocycles. The van der Waals surface area contributed by atoms with Crippen LogP contribution in [0, 0.1) is 17.8 Å². The topological polar surface area (TPSA) is 117 Å². The average molecular weight is 551 g/mol. The van der Waals surface area contributed by atoms with Crippen molar-refractivity contribution in [2.45, 2.75) is 48.9 Å². The van der Waals surface area contributed by atoms with E-state index in [1.807, 2.05) is 13.8 Å². The summed E-state index contributed by atoms with van der Waals surface area (Å²) >= 11 is 3.54. The van der Waals surface area contributed by atoms with Gasteiger partial charge in [0.25, 0.3) is 5.91 Å². The molecule has 3 fully saturated rings. The van der Waals surface area contributed by atoms with Crippen molar-refractivity contribution >= 4 is 39.4 Å². The van der Waals surface area contributed by atoms with Gasteiger partial charge in [-0.15, -0.1) is 6.58 Å². The molecule has 3 heterocycles. The van der Waals surface area contributed by atoms with E-state index in [0.717, 1.165) is 0 Å². The Hall–Kier alpha value is -2.43. The molecule has 0 aliphatic carbocycles. The third-order valence-electron chi connectivity index (χ3n) is 7.52. The van der Waals surface area contributed by atoms with Crippen LogP contribution in [0.1, 0.15) is 20.3 Å². The Morgan fingerprint density at radius 2 is 2.03 bits per heavy atom. The van der Waals surface area contributed by atoms with Gasteiger partial charge in [-0.2, -0.15) is 0 Å². The Labute approximate surface area is 212 Å². The minimum Gasteiger partial charge on any atom is -0.497 e. The van der Waals surface area contributed by atoms with Crippen molar-refractivity contribution in [3.63, 3.8) is 0 Å². The van der Waals surface area contributed by atoms with Crippen LogP contribution >= 0.6 is 15.9 Å². The predicted molar refractivity (Wildman–Crippen MR) is 131 cm³/mol. The van der Waals surface area contributed by atoms with Gasteiger partial charge in [-0.05, 0) is 36.6 Å². The first-order chi connectivity index (χ1) is 16.6. The van der Waals surface area contributed by atoms with Crippen LogP contribution < -0.4 is 9.64 Å². The number of anilines is 1. The van der Waals surface area contributed by atoms with Crippen molar-refractivity contribution in [3.05, 3.63) is 36.9 Å². The summed E-state index contributed by atoms with van der Waals surface area (Å²) in [6.07, 6.45) is 1.18. The lowest BCUT2D eigenvalue weighted by molar-refractivity contribution is -0.151. The molecule has 190 valence electrons. The van der Waals surface area contributed by atoms with Gasteiger partial charge in [0.2, 0.25) is 5.91 Å².